The zero-order valence-electron chi connectivity index (χ0n) is 7.73. The molecule has 0 bridgehead atoms. The highest BCUT2D eigenvalue weighted by Crippen LogP contribution is 2.24. The van der Waals surface area contributed by atoms with Gasteiger partial charge in [-0.05, 0) is 6.42 Å². The van der Waals surface area contributed by atoms with Gasteiger partial charge >= 0.3 is 5.97 Å². The number of carboxylic acids is 1. The van der Waals surface area contributed by atoms with Crippen LogP contribution < -0.4 is 0 Å². The van der Waals surface area contributed by atoms with Crippen LogP contribution >= 0.6 is 11.3 Å². The summed E-state index contributed by atoms with van der Waals surface area (Å²) in [5, 5.41) is 9.06. The van der Waals surface area contributed by atoms with E-state index in [0.717, 1.165) is 22.5 Å². The van der Waals surface area contributed by atoms with Gasteiger partial charge in [-0.2, -0.15) is 0 Å². The SMILES string of the molecule is CCCc1sc2cncn2c1C(=O)O. The van der Waals surface area contributed by atoms with Crippen LogP contribution in [0.3, 0.4) is 0 Å². The molecule has 0 atom stereocenters. The van der Waals surface area contributed by atoms with E-state index in [1.165, 1.54) is 11.3 Å². The molecule has 0 aromatic carbocycles. The number of thiazole rings is 1. The van der Waals surface area contributed by atoms with E-state index < -0.39 is 5.97 Å². The molecule has 74 valence electrons. The Balaban J connectivity index is 2.63. The van der Waals surface area contributed by atoms with Gasteiger partial charge in [0.2, 0.25) is 0 Å². The fourth-order valence-electron chi connectivity index (χ4n) is 1.45. The predicted molar refractivity (Wildman–Crippen MR) is 54.0 cm³/mol. The maximum absolute atomic E-state index is 11.0. The second-order valence-corrected chi connectivity index (χ2v) is 4.15. The number of imidazole rings is 1. The number of hydrogen-bond acceptors (Lipinski definition) is 3. The number of nitrogens with zero attached hydrogens (tertiary/aromatic N) is 2. The summed E-state index contributed by atoms with van der Waals surface area (Å²) in [6, 6.07) is 0. The molecule has 0 saturated carbocycles. The number of rotatable bonds is 3. The topological polar surface area (TPSA) is 54.6 Å². The summed E-state index contributed by atoms with van der Waals surface area (Å²) >= 11 is 1.50. The number of aromatic nitrogens is 2. The Morgan fingerprint density at radius 3 is 3.14 bits per heavy atom. The van der Waals surface area contributed by atoms with Crippen molar-refractivity contribution < 1.29 is 9.90 Å². The van der Waals surface area contributed by atoms with Gasteiger partial charge in [-0.3, -0.25) is 4.40 Å². The van der Waals surface area contributed by atoms with E-state index >= 15 is 0 Å². The third-order valence-corrected chi connectivity index (χ3v) is 3.17. The van der Waals surface area contributed by atoms with Gasteiger partial charge in [0.15, 0.2) is 0 Å². The molecule has 0 aliphatic rings. The minimum Gasteiger partial charge on any atom is -0.477 e. The molecule has 2 heterocycles. The van der Waals surface area contributed by atoms with E-state index in [1.807, 2.05) is 6.92 Å². The Bertz CT molecular complexity index is 472. The lowest BCUT2D eigenvalue weighted by Gasteiger charge is -1.96. The molecule has 1 N–H and O–H groups in total. The van der Waals surface area contributed by atoms with Crippen LogP contribution in [-0.4, -0.2) is 20.5 Å². The van der Waals surface area contributed by atoms with E-state index in [0.29, 0.717) is 5.69 Å². The molecule has 2 rings (SSSR count). The summed E-state index contributed by atoms with van der Waals surface area (Å²) in [6.45, 7) is 2.04. The maximum Gasteiger partial charge on any atom is 0.354 e. The molecule has 4 nitrogen and oxygen atoms in total. The molecule has 0 saturated heterocycles. The number of fused-ring (bicyclic) bond motifs is 1. The predicted octanol–water partition coefficient (Wildman–Crippen LogP) is 2.05. The fourth-order valence-corrected chi connectivity index (χ4v) is 2.65. The molecule has 0 amide bonds. The average Bonchev–Trinajstić information content (AvgIpc) is 2.62. The van der Waals surface area contributed by atoms with Gasteiger partial charge in [-0.25, -0.2) is 9.78 Å². The number of hydrogen-bond donors (Lipinski definition) is 1. The average molecular weight is 210 g/mol. The maximum atomic E-state index is 11.0. The quantitative estimate of drug-likeness (QED) is 0.843. The van der Waals surface area contributed by atoms with Crippen LogP contribution in [0.4, 0.5) is 0 Å². The number of carboxylic acid groups (broad SMARTS) is 1. The minimum absolute atomic E-state index is 0.365. The van der Waals surface area contributed by atoms with E-state index in [4.69, 9.17) is 5.11 Å². The van der Waals surface area contributed by atoms with E-state index in [2.05, 4.69) is 4.98 Å². The summed E-state index contributed by atoms with van der Waals surface area (Å²) < 4.78 is 1.64. The molecule has 0 fully saturated rings. The largest absolute Gasteiger partial charge is 0.477 e. The Morgan fingerprint density at radius 2 is 2.50 bits per heavy atom. The normalized spacial score (nSPS) is 10.9. The summed E-state index contributed by atoms with van der Waals surface area (Å²) in [7, 11) is 0. The second kappa shape index (κ2) is 3.42. The highest BCUT2D eigenvalue weighted by molar-refractivity contribution is 7.17. The van der Waals surface area contributed by atoms with E-state index in [9.17, 15) is 4.79 Å². The Hall–Kier alpha value is -1.36. The van der Waals surface area contributed by atoms with Crippen LogP contribution in [0, 0.1) is 0 Å². The summed E-state index contributed by atoms with van der Waals surface area (Å²) in [5.74, 6) is -0.877. The monoisotopic (exact) mass is 210 g/mol. The van der Waals surface area contributed by atoms with Gasteiger partial charge in [0, 0.05) is 4.88 Å². The summed E-state index contributed by atoms with van der Waals surface area (Å²) in [5.41, 5.74) is 0.365. The zero-order chi connectivity index (χ0) is 10.1. The number of aryl methyl sites for hydroxylation is 1. The lowest BCUT2D eigenvalue weighted by molar-refractivity contribution is 0.0688. The lowest BCUT2D eigenvalue weighted by atomic mass is 10.2. The van der Waals surface area contributed by atoms with Crippen molar-refractivity contribution in [1.82, 2.24) is 9.38 Å². The standard InChI is InChI=1S/C9H10N2O2S/c1-2-3-6-8(9(12)13)11-5-10-4-7(11)14-6/h4-5H,2-3H2,1H3,(H,12,13). The van der Waals surface area contributed by atoms with E-state index in [-0.39, 0.29) is 0 Å². The zero-order valence-corrected chi connectivity index (χ0v) is 8.54. The van der Waals surface area contributed by atoms with Gasteiger partial charge in [-0.15, -0.1) is 11.3 Å². The first kappa shape index (κ1) is 9.21. The molecule has 0 unspecified atom stereocenters. The molecule has 0 aliphatic heterocycles. The molecular weight excluding hydrogens is 200 g/mol. The van der Waals surface area contributed by atoms with Crippen molar-refractivity contribution in [3.05, 3.63) is 23.1 Å². The minimum atomic E-state index is -0.877. The molecular formula is C9H10N2O2S. The van der Waals surface area contributed by atoms with Crippen molar-refractivity contribution in [3.63, 3.8) is 0 Å². The van der Waals surface area contributed by atoms with Gasteiger partial charge < -0.3 is 5.11 Å². The summed E-state index contributed by atoms with van der Waals surface area (Å²) in [4.78, 5) is 16.8. The first-order valence-corrected chi connectivity index (χ1v) is 5.22. The summed E-state index contributed by atoms with van der Waals surface area (Å²) in [6.07, 6.45) is 5.01. The lowest BCUT2D eigenvalue weighted by Crippen LogP contribution is -2.03. The Labute approximate surface area is 84.8 Å². The third kappa shape index (κ3) is 1.29. The number of carbonyl (C=O) groups is 1. The molecule has 0 radical (unpaired) electrons. The third-order valence-electron chi connectivity index (χ3n) is 2.02. The van der Waals surface area contributed by atoms with Crippen molar-refractivity contribution in [2.45, 2.75) is 19.8 Å². The second-order valence-electron chi connectivity index (χ2n) is 3.03. The van der Waals surface area contributed by atoms with Gasteiger partial charge in [-0.1, -0.05) is 13.3 Å². The van der Waals surface area contributed by atoms with Crippen molar-refractivity contribution >= 4 is 22.1 Å². The molecule has 0 spiro atoms. The van der Waals surface area contributed by atoms with Gasteiger partial charge in [0.05, 0.1) is 6.20 Å². The van der Waals surface area contributed by atoms with Crippen LogP contribution in [0.5, 0.6) is 0 Å². The smallest absolute Gasteiger partial charge is 0.354 e. The van der Waals surface area contributed by atoms with Crippen LogP contribution in [-0.2, 0) is 6.42 Å². The molecule has 0 aliphatic carbocycles. The van der Waals surface area contributed by atoms with Crippen LogP contribution in [0.1, 0.15) is 28.7 Å². The van der Waals surface area contributed by atoms with Gasteiger partial charge in [0.1, 0.15) is 16.9 Å². The van der Waals surface area contributed by atoms with Crippen LogP contribution in [0.25, 0.3) is 4.83 Å². The molecule has 5 heteroatoms. The highest BCUT2D eigenvalue weighted by atomic mass is 32.1. The molecule has 2 aromatic heterocycles. The van der Waals surface area contributed by atoms with Crippen molar-refractivity contribution in [1.29, 1.82) is 0 Å². The van der Waals surface area contributed by atoms with E-state index in [1.54, 1.807) is 16.9 Å². The fraction of sp³-hybridized carbons (Fsp3) is 0.333. The number of aromatic carboxylic acids is 1. The molecule has 14 heavy (non-hydrogen) atoms. The van der Waals surface area contributed by atoms with Crippen molar-refractivity contribution in [2.24, 2.45) is 0 Å². The van der Waals surface area contributed by atoms with Crippen LogP contribution in [0.15, 0.2) is 12.5 Å². The van der Waals surface area contributed by atoms with Crippen molar-refractivity contribution in [2.75, 3.05) is 0 Å². The first-order chi connectivity index (χ1) is 6.74. The first-order valence-electron chi connectivity index (χ1n) is 4.41. The molecule has 2 aromatic rings. The van der Waals surface area contributed by atoms with Crippen LogP contribution in [0.2, 0.25) is 0 Å². The van der Waals surface area contributed by atoms with Gasteiger partial charge in [0.25, 0.3) is 0 Å². The van der Waals surface area contributed by atoms with Crippen molar-refractivity contribution in [3.8, 4) is 0 Å². The highest BCUT2D eigenvalue weighted by Gasteiger charge is 2.17. The Kier molecular flexibility index (Phi) is 2.25. The Morgan fingerprint density at radius 1 is 1.71 bits per heavy atom.